The Morgan fingerprint density at radius 3 is 1.35 bits per heavy atom. The molecule has 0 aliphatic heterocycles. The Labute approximate surface area is 291 Å². The molecule has 2 aromatic heterocycles. The number of rotatable bonds is 6. The molecule has 0 aliphatic rings. The predicted octanol–water partition coefficient (Wildman–Crippen LogP) is 8.95. The van der Waals surface area contributed by atoms with Crippen LogP contribution in [0.4, 0.5) is 0 Å². The van der Waals surface area contributed by atoms with Gasteiger partial charge in [0, 0.05) is 33.2 Å². The van der Waals surface area contributed by atoms with Gasteiger partial charge in [-0.3, -0.25) is 0 Å². The highest BCUT2D eigenvalue weighted by Gasteiger charge is 2.24. The van der Waals surface area contributed by atoms with E-state index in [1.165, 1.54) is 0 Å². The van der Waals surface area contributed by atoms with E-state index in [2.05, 4.69) is 0 Å². The number of aromatic hydroxyl groups is 5. The van der Waals surface area contributed by atoms with Gasteiger partial charge in [0.25, 0.3) is 0 Å². The van der Waals surface area contributed by atoms with Crippen LogP contribution in [0.1, 0.15) is 0 Å². The van der Waals surface area contributed by atoms with Gasteiger partial charge in [-0.25, -0.2) is 19.9 Å². The van der Waals surface area contributed by atoms with Gasteiger partial charge in [-0.15, -0.1) is 0 Å². The molecule has 0 spiro atoms. The maximum absolute atomic E-state index is 10.4. The average Bonchev–Trinajstić information content (AvgIpc) is 3.20. The summed E-state index contributed by atoms with van der Waals surface area (Å²) in [6.07, 6.45) is 0. The van der Waals surface area contributed by atoms with Crippen LogP contribution in [0.2, 0.25) is 0 Å². The lowest BCUT2D eigenvalue weighted by molar-refractivity contribution is 0.330. The van der Waals surface area contributed by atoms with Gasteiger partial charge >= 0.3 is 0 Å². The number of phenolic OH excluding ortho intramolecular Hbond substituents is 5. The van der Waals surface area contributed by atoms with Crippen LogP contribution in [0.3, 0.4) is 0 Å². The minimum absolute atomic E-state index is 0.228. The molecule has 8 aromatic rings. The second-order valence-electron chi connectivity index (χ2n) is 11.9. The van der Waals surface area contributed by atoms with Crippen molar-refractivity contribution in [3.8, 4) is 96.4 Å². The van der Waals surface area contributed by atoms with Crippen molar-refractivity contribution in [2.75, 3.05) is 0 Å². The monoisotopic (exact) mass is 668 g/mol. The molecule has 0 bridgehead atoms. The number of para-hydroxylation sites is 1. The Hall–Kier alpha value is -7.26. The van der Waals surface area contributed by atoms with Crippen molar-refractivity contribution in [1.29, 1.82) is 0 Å². The van der Waals surface area contributed by atoms with Crippen molar-refractivity contribution >= 4 is 10.9 Å². The van der Waals surface area contributed by atoms with E-state index in [1.807, 2.05) is 115 Å². The average molecular weight is 669 g/mol. The summed E-state index contributed by atoms with van der Waals surface area (Å²) in [5.74, 6) is -3.29. The third kappa shape index (κ3) is 5.68. The Morgan fingerprint density at radius 2 is 0.765 bits per heavy atom. The number of benzene rings is 6. The molecule has 0 saturated carbocycles. The first kappa shape index (κ1) is 31.0. The van der Waals surface area contributed by atoms with E-state index in [9.17, 15) is 25.5 Å². The third-order valence-corrected chi connectivity index (χ3v) is 8.69. The van der Waals surface area contributed by atoms with Gasteiger partial charge in [-0.2, -0.15) is 0 Å². The summed E-state index contributed by atoms with van der Waals surface area (Å²) in [4.78, 5) is 19.7. The van der Waals surface area contributed by atoms with E-state index in [0.29, 0.717) is 34.2 Å². The Morgan fingerprint density at radius 1 is 0.333 bits per heavy atom. The summed E-state index contributed by atoms with van der Waals surface area (Å²) in [6, 6.07) is 44.2. The summed E-state index contributed by atoms with van der Waals surface area (Å²) < 4.78 is 0. The van der Waals surface area contributed by atoms with E-state index in [0.717, 1.165) is 38.9 Å². The minimum atomic E-state index is -1.01. The molecular formula is C42H28N4O5. The molecule has 9 heteroatoms. The van der Waals surface area contributed by atoms with Crippen LogP contribution in [0.25, 0.3) is 78.6 Å². The summed E-state index contributed by atoms with van der Waals surface area (Å²) >= 11 is 0. The van der Waals surface area contributed by atoms with E-state index >= 15 is 0 Å². The van der Waals surface area contributed by atoms with Crippen LogP contribution in [0, 0.1) is 0 Å². The third-order valence-electron chi connectivity index (χ3n) is 8.69. The molecule has 0 aliphatic carbocycles. The van der Waals surface area contributed by atoms with Gasteiger partial charge in [0.2, 0.25) is 17.2 Å². The Kier molecular flexibility index (Phi) is 7.69. The van der Waals surface area contributed by atoms with Gasteiger partial charge in [0.05, 0.1) is 28.2 Å². The van der Waals surface area contributed by atoms with E-state index in [1.54, 1.807) is 24.3 Å². The van der Waals surface area contributed by atoms with Gasteiger partial charge in [-0.05, 0) is 17.7 Å². The van der Waals surface area contributed by atoms with E-state index in [-0.39, 0.29) is 5.56 Å². The molecule has 0 unspecified atom stereocenters. The molecule has 0 radical (unpaired) electrons. The fourth-order valence-corrected chi connectivity index (χ4v) is 6.04. The molecule has 246 valence electrons. The summed E-state index contributed by atoms with van der Waals surface area (Å²) in [5, 5.41) is 51.8. The predicted molar refractivity (Wildman–Crippen MR) is 196 cm³/mol. The first-order valence-corrected chi connectivity index (χ1v) is 16.0. The maximum atomic E-state index is 10.4. The van der Waals surface area contributed by atoms with Crippen molar-refractivity contribution in [3.63, 3.8) is 0 Å². The van der Waals surface area contributed by atoms with Gasteiger partial charge in [0.1, 0.15) is 0 Å². The first-order valence-electron chi connectivity index (χ1n) is 16.0. The standard InChI is InChI=1S/C42H28N4O5/c47-36-34(37(48)39(50)40(51)38(36)49)26-19-15-24(16-20-26)32-23-33(45-41(44-32)28-11-5-2-6-12-28)25-17-21-29(22-18-25)42-43-31-14-8-7-13-30(31)35(46-42)27-9-3-1-4-10-27/h1-23,47-51H. The quantitative estimate of drug-likeness (QED) is 0.0863. The zero-order valence-electron chi connectivity index (χ0n) is 26.8. The molecule has 0 atom stereocenters. The molecule has 8 rings (SSSR count). The number of fused-ring (bicyclic) bond motifs is 1. The zero-order valence-corrected chi connectivity index (χ0v) is 26.8. The molecule has 5 N–H and O–H groups in total. The summed E-state index contributed by atoms with van der Waals surface area (Å²) in [5.41, 5.74) is 7.34. The number of nitrogens with zero attached hydrogens (tertiary/aromatic N) is 4. The molecule has 0 fully saturated rings. The van der Waals surface area contributed by atoms with E-state index < -0.39 is 28.7 Å². The van der Waals surface area contributed by atoms with Crippen LogP contribution in [0.5, 0.6) is 28.7 Å². The lowest BCUT2D eigenvalue weighted by atomic mass is 9.99. The molecule has 51 heavy (non-hydrogen) atoms. The van der Waals surface area contributed by atoms with Crippen LogP contribution in [-0.4, -0.2) is 45.5 Å². The summed E-state index contributed by atoms with van der Waals surface area (Å²) in [6.45, 7) is 0. The van der Waals surface area contributed by atoms with Crippen LogP contribution >= 0.6 is 0 Å². The van der Waals surface area contributed by atoms with Gasteiger partial charge in [0.15, 0.2) is 23.1 Å². The molecule has 2 heterocycles. The number of aromatic nitrogens is 4. The zero-order chi connectivity index (χ0) is 35.1. The second kappa shape index (κ2) is 12.6. The highest BCUT2D eigenvalue weighted by molar-refractivity contribution is 5.93. The largest absolute Gasteiger partial charge is 0.504 e. The lowest BCUT2D eigenvalue weighted by Gasteiger charge is -2.13. The second-order valence-corrected chi connectivity index (χ2v) is 11.9. The highest BCUT2D eigenvalue weighted by Crippen LogP contribution is 2.54. The fourth-order valence-electron chi connectivity index (χ4n) is 6.04. The fraction of sp³-hybridized carbons (Fsp3) is 0. The number of hydrogen-bond donors (Lipinski definition) is 5. The van der Waals surface area contributed by atoms with E-state index in [4.69, 9.17) is 19.9 Å². The molecular weight excluding hydrogens is 640 g/mol. The number of hydrogen-bond acceptors (Lipinski definition) is 9. The van der Waals surface area contributed by atoms with Crippen molar-refractivity contribution < 1.29 is 25.5 Å². The summed E-state index contributed by atoms with van der Waals surface area (Å²) in [7, 11) is 0. The van der Waals surface area contributed by atoms with Crippen LogP contribution < -0.4 is 0 Å². The first-order chi connectivity index (χ1) is 24.9. The highest BCUT2D eigenvalue weighted by atomic mass is 16.4. The lowest BCUT2D eigenvalue weighted by Crippen LogP contribution is -1.97. The topological polar surface area (TPSA) is 153 Å². The normalized spacial score (nSPS) is 11.1. The minimum Gasteiger partial charge on any atom is -0.504 e. The maximum Gasteiger partial charge on any atom is 0.208 e. The number of phenols is 5. The SMILES string of the molecule is Oc1c(O)c(O)c(-c2ccc(-c3cc(-c4ccc(-c5nc(-c6ccccc6)c6ccccc6n5)cc4)nc(-c4ccccc4)n3)cc2)c(O)c1O. The van der Waals surface area contributed by atoms with Gasteiger partial charge < -0.3 is 25.5 Å². The molecule has 9 nitrogen and oxygen atoms in total. The van der Waals surface area contributed by atoms with Gasteiger partial charge in [-0.1, -0.05) is 127 Å². The van der Waals surface area contributed by atoms with Crippen LogP contribution in [-0.2, 0) is 0 Å². The van der Waals surface area contributed by atoms with Crippen molar-refractivity contribution in [1.82, 2.24) is 19.9 Å². The molecule has 6 aromatic carbocycles. The van der Waals surface area contributed by atoms with Crippen LogP contribution in [0.15, 0.2) is 140 Å². The van der Waals surface area contributed by atoms with Crippen molar-refractivity contribution in [2.45, 2.75) is 0 Å². The smallest absolute Gasteiger partial charge is 0.208 e. The molecule has 0 amide bonds. The van der Waals surface area contributed by atoms with Crippen molar-refractivity contribution in [3.05, 3.63) is 140 Å². The Balaban J connectivity index is 1.19. The molecule has 0 saturated heterocycles. The van der Waals surface area contributed by atoms with Crippen molar-refractivity contribution in [2.24, 2.45) is 0 Å². The Bertz CT molecular complexity index is 2530.